The zero-order valence-corrected chi connectivity index (χ0v) is 19.0. The number of nitrogens with one attached hydrogen (secondary N) is 1. The lowest BCUT2D eigenvalue weighted by molar-refractivity contribution is 0.0951. The van der Waals surface area contributed by atoms with Gasteiger partial charge in [0.15, 0.2) is 0 Å². The molecule has 0 saturated heterocycles. The molecule has 0 saturated carbocycles. The lowest BCUT2D eigenvalue weighted by Crippen LogP contribution is -2.24. The molecule has 34 heavy (non-hydrogen) atoms. The normalized spacial score (nSPS) is 11.6. The molecule has 0 fully saturated rings. The van der Waals surface area contributed by atoms with Gasteiger partial charge in [-0.25, -0.2) is 4.98 Å². The number of carbonyl (C=O) groups is 1. The maximum Gasteiger partial charge on any atom is 0.251 e. The maximum absolute atomic E-state index is 12.9. The fraction of sp³-hybridized carbons (Fsp3) is 0.103. The van der Waals surface area contributed by atoms with Gasteiger partial charge in [-0.3, -0.25) is 4.79 Å². The van der Waals surface area contributed by atoms with Gasteiger partial charge in [0.2, 0.25) is 0 Å². The van der Waals surface area contributed by atoms with Crippen LogP contribution < -0.4 is 11.1 Å². The number of furan rings is 2. The third-order valence-electron chi connectivity index (χ3n) is 6.59. The van der Waals surface area contributed by atoms with Crippen LogP contribution in [0.2, 0.25) is 0 Å². The van der Waals surface area contributed by atoms with Crippen LogP contribution in [0.3, 0.4) is 0 Å². The monoisotopic (exact) mass is 445 g/mol. The van der Waals surface area contributed by atoms with Gasteiger partial charge in [-0.2, -0.15) is 0 Å². The second-order valence-electron chi connectivity index (χ2n) is 8.76. The van der Waals surface area contributed by atoms with Gasteiger partial charge in [-0.1, -0.05) is 36.4 Å². The van der Waals surface area contributed by atoms with Crippen LogP contribution in [0, 0.1) is 13.8 Å². The highest BCUT2D eigenvalue weighted by Gasteiger charge is 2.19. The van der Waals surface area contributed by atoms with Crippen molar-refractivity contribution >= 4 is 44.4 Å². The van der Waals surface area contributed by atoms with Crippen LogP contribution in [0.25, 0.3) is 43.8 Å². The van der Waals surface area contributed by atoms with Gasteiger partial charge in [-0.15, -0.1) is 0 Å². The van der Waals surface area contributed by atoms with E-state index in [-0.39, 0.29) is 5.91 Å². The number of pyridine rings is 1. The van der Waals surface area contributed by atoms with Crippen molar-refractivity contribution in [1.29, 1.82) is 0 Å². The smallest absolute Gasteiger partial charge is 0.251 e. The average molecular weight is 446 g/mol. The van der Waals surface area contributed by atoms with E-state index in [2.05, 4.69) is 40.6 Å². The third kappa shape index (κ3) is 3.17. The summed E-state index contributed by atoms with van der Waals surface area (Å²) in [5.41, 5.74) is 13.3. The summed E-state index contributed by atoms with van der Waals surface area (Å²) in [5.74, 6) is 0.357. The van der Waals surface area contributed by atoms with Crippen molar-refractivity contribution in [3.8, 4) is 11.1 Å². The lowest BCUT2D eigenvalue weighted by atomic mass is 9.97. The molecule has 0 unspecified atom stereocenters. The number of nitrogens with zero attached hydrogens (tertiary/aromatic N) is 1. The Hall–Kier alpha value is -4.38. The highest BCUT2D eigenvalue weighted by atomic mass is 16.3. The number of hydrogen-bond acceptors (Lipinski definition) is 4. The maximum atomic E-state index is 12.9. The van der Waals surface area contributed by atoms with E-state index in [1.54, 1.807) is 0 Å². The molecule has 3 heterocycles. The molecule has 6 aromatic rings. The third-order valence-corrected chi connectivity index (χ3v) is 6.59. The molecule has 6 rings (SSSR count). The molecule has 0 aliphatic carbocycles. The zero-order chi connectivity index (χ0) is 23.4. The number of benzene rings is 4. The number of fused-ring (bicyclic) bond motifs is 8. The molecule has 0 spiro atoms. The molecule has 0 atom stereocenters. The summed E-state index contributed by atoms with van der Waals surface area (Å²) in [4.78, 5) is 17.3. The Bertz CT molecular complexity index is 1680. The van der Waals surface area contributed by atoms with Gasteiger partial charge in [-0.05, 0) is 72.5 Å². The van der Waals surface area contributed by atoms with Gasteiger partial charge in [0, 0.05) is 39.3 Å². The highest BCUT2D eigenvalue weighted by Crippen LogP contribution is 2.42. The molecule has 0 aliphatic rings. The Morgan fingerprint density at radius 3 is 2.29 bits per heavy atom. The first-order valence-corrected chi connectivity index (χ1v) is 11.3. The van der Waals surface area contributed by atoms with E-state index in [1.165, 1.54) is 5.56 Å². The number of aromatic nitrogens is 1. The first-order chi connectivity index (χ1) is 16.5. The lowest BCUT2D eigenvalue weighted by Gasteiger charge is -2.11. The van der Waals surface area contributed by atoms with E-state index in [0.717, 1.165) is 55.1 Å². The topological polar surface area (TPSA) is 81.1 Å². The van der Waals surface area contributed by atoms with E-state index < -0.39 is 0 Å². The number of amides is 1. The number of anilines is 1. The molecule has 5 heteroatoms. The van der Waals surface area contributed by atoms with Crippen LogP contribution in [-0.2, 0) is 6.54 Å². The summed E-state index contributed by atoms with van der Waals surface area (Å²) >= 11 is 0. The summed E-state index contributed by atoms with van der Waals surface area (Å²) in [7, 11) is 0. The quantitative estimate of drug-likeness (QED) is 0.309. The van der Waals surface area contributed by atoms with E-state index in [4.69, 9.17) is 10.2 Å². The van der Waals surface area contributed by atoms with Crippen molar-refractivity contribution in [3.05, 3.63) is 95.2 Å². The molecule has 2 bridgehead atoms. The highest BCUT2D eigenvalue weighted by molar-refractivity contribution is 6.26. The van der Waals surface area contributed by atoms with E-state index in [0.29, 0.717) is 17.9 Å². The predicted molar refractivity (Wildman–Crippen MR) is 137 cm³/mol. The second kappa shape index (κ2) is 7.59. The van der Waals surface area contributed by atoms with Crippen molar-refractivity contribution in [3.63, 3.8) is 0 Å². The van der Waals surface area contributed by atoms with Crippen LogP contribution in [0.5, 0.6) is 0 Å². The summed E-state index contributed by atoms with van der Waals surface area (Å²) in [6.45, 7) is 4.28. The van der Waals surface area contributed by atoms with Crippen molar-refractivity contribution < 1.29 is 9.21 Å². The molecule has 166 valence electrons. The summed E-state index contributed by atoms with van der Waals surface area (Å²) in [6.07, 6.45) is 0. The number of rotatable bonds is 4. The molecule has 0 aliphatic heterocycles. The minimum Gasteiger partial charge on any atom is -0.455 e. The molecule has 1 amide bonds. The minimum absolute atomic E-state index is 0.133. The van der Waals surface area contributed by atoms with E-state index in [9.17, 15) is 4.79 Å². The van der Waals surface area contributed by atoms with Crippen LogP contribution >= 0.6 is 0 Å². The van der Waals surface area contributed by atoms with Crippen molar-refractivity contribution in [2.75, 3.05) is 5.73 Å². The van der Waals surface area contributed by atoms with Crippen LogP contribution in [-0.4, -0.2) is 10.9 Å². The number of aryl methyl sites for hydroxylation is 2. The molecule has 3 aromatic heterocycles. The van der Waals surface area contributed by atoms with Crippen molar-refractivity contribution in [2.45, 2.75) is 20.4 Å². The fourth-order valence-electron chi connectivity index (χ4n) is 4.85. The molecule has 0 radical (unpaired) electrons. The van der Waals surface area contributed by atoms with E-state index >= 15 is 0 Å². The first kappa shape index (κ1) is 20.2. The molecular weight excluding hydrogens is 422 g/mol. The Morgan fingerprint density at radius 2 is 1.56 bits per heavy atom. The largest absolute Gasteiger partial charge is 0.455 e. The van der Waals surface area contributed by atoms with Crippen molar-refractivity contribution in [2.24, 2.45) is 0 Å². The number of carbonyl (C=O) groups excluding carboxylic acids is 1. The minimum atomic E-state index is -0.133. The molecule has 3 N–H and O–H groups in total. The Balaban J connectivity index is 1.33. The van der Waals surface area contributed by atoms with E-state index in [1.807, 2.05) is 56.3 Å². The number of nitrogens with two attached hydrogens (primary N) is 1. The van der Waals surface area contributed by atoms with Gasteiger partial charge < -0.3 is 15.5 Å². The second-order valence-corrected chi connectivity index (χ2v) is 8.76. The number of nitrogen functional groups attached to an aromatic ring is 1. The van der Waals surface area contributed by atoms with Gasteiger partial charge in [0.25, 0.3) is 5.91 Å². The standard InChI is InChI=1S/C29H23N3O2/c1-16-12-26(30)32-17(2)25(16)15-31-29(33)20-9-11-22-24(14-20)28-21-10-8-19(13-23(21)27(22)34-28)18-6-4-3-5-7-18/h3-14H,15H2,1-2H3,(H2,30,32)(H,31,33). The van der Waals surface area contributed by atoms with Gasteiger partial charge >= 0.3 is 0 Å². The summed E-state index contributed by atoms with van der Waals surface area (Å²) in [5, 5.41) is 7.18. The number of hydrogen-bond donors (Lipinski definition) is 2. The Labute approximate surface area is 196 Å². The molecular formula is C29H23N3O2. The molecule has 3 aromatic carbocycles. The summed E-state index contributed by atoms with van der Waals surface area (Å²) < 4.78 is 6.19. The first-order valence-electron chi connectivity index (χ1n) is 11.3. The Kier molecular flexibility index (Phi) is 4.52. The molecule has 5 nitrogen and oxygen atoms in total. The van der Waals surface area contributed by atoms with Crippen LogP contribution in [0.1, 0.15) is 27.2 Å². The zero-order valence-electron chi connectivity index (χ0n) is 19.0. The van der Waals surface area contributed by atoms with Crippen molar-refractivity contribution in [1.82, 2.24) is 10.3 Å². The predicted octanol–water partition coefficient (Wildman–Crippen LogP) is 6.37. The van der Waals surface area contributed by atoms with Gasteiger partial charge in [0.05, 0.1) is 0 Å². The SMILES string of the molecule is Cc1cc(N)nc(C)c1CNC(=O)c1ccc2c(c1)c1oc2c2cc(-c3ccccc3)ccc21. The average Bonchev–Trinajstić information content (AvgIpc) is 3.40. The van der Waals surface area contributed by atoms with Gasteiger partial charge in [0.1, 0.15) is 17.0 Å². The Morgan fingerprint density at radius 1 is 0.853 bits per heavy atom. The van der Waals surface area contributed by atoms with Crippen LogP contribution in [0.4, 0.5) is 5.82 Å². The van der Waals surface area contributed by atoms with Crippen LogP contribution in [0.15, 0.2) is 77.2 Å². The summed E-state index contributed by atoms with van der Waals surface area (Å²) in [6, 6.07) is 24.3. The fourth-order valence-corrected chi connectivity index (χ4v) is 4.85.